The van der Waals surface area contributed by atoms with E-state index in [2.05, 4.69) is 26.8 Å². The van der Waals surface area contributed by atoms with Gasteiger partial charge in [0, 0.05) is 18.9 Å². The molecule has 0 spiro atoms. The van der Waals surface area contributed by atoms with Crippen molar-refractivity contribution in [2.45, 2.75) is 196 Å². The van der Waals surface area contributed by atoms with Crippen LogP contribution in [0, 0.1) is 46.3 Å². The lowest BCUT2D eigenvalue weighted by Gasteiger charge is -2.58. The average Bonchev–Trinajstić information content (AvgIpc) is 3.70. The molecular formula is C44H72O19. The summed E-state index contributed by atoms with van der Waals surface area (Å²) in [6, 6.07) is 0. The molecule has 4 heterocycles. The minimum Gasteiger partial charge on any atom is -0.396 e. The van der Waals surface area contributed by atoms with Crippen LogP contribution in [0.25, 0.3) is 0 Å². The fraction of sp³-hybridized carbons (Fsp3) is 0.955. The number of aliphatic hydroxyl groups excluding tert-OH is 11. The fourth-order valence-electron chi connectivity index (χ4n) is 13.4. The van der Waals surface area contributed by atoms with E-state index in [9.17, 15) is 61.3 Å². The van der Waals surface area contributed by atoms with E-state index in [1.165, 1.54) is 5.57 Å². The minimum absolute atomic E-state index is 0.0158. The first-order valence-corrected chi connectivity index (χ1v) is 23.1. The molecule has 3 saturated carbocycles. The maximum Gasteiger partial charge on any atom is 0.189 e. The molecule has 8 aliphatic rings. The van der Waals surface area contributed by atoms with Crippen molar-refractivity contribution in [2.75, 3.05) is 19.8 Å². The van der Waals surface area contributed by atoms with Crippen LogP contribution in [0.4, 0.5) is 0 Å². The van der Waals surface area contributed by atoms with Crippen molar-refractivity contribution >= 4 is 0 Å². The van der Waals surface area contributed by atoms with Crippen molar-refractivity contribution in [1.29, 1.82) is 0 Å². The van der Waals surface area contributed by atoms with E-state index in [0.717, 1.165) is 32.1 Å². The van der Waals surface area contributed by atoms with Crippen LogP contribution in [0.5, 0.6) is 0 Å². The van der Waals surface area contributed by atoms with E-state index < -0.39 is 117 Å². The van der Waals surface area contributed by atoms with Crippen LogP contribution >= 0.6 is 0 Å². The van der Waals surface area contributed by atoms with Crippen LogP contribution in [-0.4, -0.2) is 191 Å². The average molecular weight is 905 g/mol. The van der Waals surface area contributed by atoms with Gasteiger partial charge in [0.15, 0.2) is 30.9 Å². The fourth-order valence-corrected chi connectivity index (χ4v) is 13.4. The van der Waals surface area contributed by atoms with E-state index in [4.69, 9.17) is 33.2 Å². The highest BCUT2D eigenvalue weighted by Crippen LogP contribution is 2.70. The monoisotopic (exact) mass is 904 g/mol. The van der Waals surface area contributed by atoms with Gasteiger partial charge in [-0.15, -0.1) is 0 Å². The Kier molecular flexibility index (Phi) is 14.2. The Morgan fingerprint density at radius 3 is 2.06 bits per heavy atom. The first kappa shape index (κ1) is 48.4. The first-order valence-electron chi connectivity index (χ1n) is 23.1. The minimum atomic E-state index is -1.98. The van der Waals surface area contributed by atoms with Gasteiger partial charge in [0.1, 0.15) is 67.1 Å². The van der Waals surface area contributed by atoms with Gasteiger partial charge in [0.2, 0.25) is 0 Å². The molecule has 7 fully saturated rings. The zero-order valence-corrected chi connectivity index (χ0v) is 36.6. The summed E-state index contributed by atoms with van der Waals surface area (Å²) in [7, 11) is 0. The van der Waals surface area contributed by atoms with Crippen molar-refractivity contribution < 1.29 is 94.4 Å². The Bertz CT molecular complexity index is 1610. The van der Waals surface area contributed by atoms with Gasteiger partial charge in [0.05, 0.1) is 25.4 Å². The number of hydrogen-bond acceptors (Lipinski definition) is 19. The molecule has 26 atom stereocenters. The molecule has 63 heavy (non-hydrogen) atoms. The lowest BCUT2D eigenvalue weighted by molar-refractivity contribution is -0.400. The van der Waals surface area contributed by atoms with E-state index in [1.54, 1.807) is 0 Å². The molecule has 4 aliphatic carbocycles. The standard InChI is InChI=1S/C44H72O19/c1-18(15-45)7-12-44(56)19(2)28-25(63-44)14-24-22-6-5-20-13-21(8-10-42(20,3)23(22)9-11-43(24,28)4)57-41-37(61-40-34(53)31(50)32(51)38(55)62-40)35(54)36(27(17-47)59-41)60-39-33(52)30(49)29(48)26(16-46)58-39/h5,18-19,21-41,45-56H,6-17H2,1-4H3/t18-,19-,21?,22+,23-,24-,25?,26+,27+,28+,29+,30-,31+,32+,33+,34+,35-,36+,37+,38+,39+,40-,41+,42-,43-,44?/m0/s1. The maximum absolute atomic E-state index is 11.9. The second-order valence-corrected chi connectivity index (χ2v) is 20.7. The van der Waals surface area contributed by atoms with Crippen LogP contribution in [0.15, 0.2) is 11.6 Å². The highest BCUT2D eigenvalue weighted by Gasteiger charge is 2.68. The SMILES string of the molecule is C[C@H](CO)CCC1(O)OC2C[C@H]3[C@@H]4CC=C5CC(O[C@@H]6O[C@H](CO)[C@@H](O[C@H]7O[C@H](CO)[C@@H](O)[C@H](O)[C@H]7O)[C@H](O)[C@H]6O[C@H]6O[C@@H](O)[C@H](O)[C@@H](O)[C@H]6O)CC[C@]5(C)[C@H]4CC[C@]3(C)[C@@H]2[C@@H]1C. The number of ether oxygens (including phenoxy) is 7. The molecule has 0 bridgehead atoms. The van der Waals surface area contributed by atoms with Gasteiger partial charge in [-0.25, -0.2) is 0 Å². The summed E-state index contributed by atoms with van der Waals surface area (Å²) in [5.41, 5.74) is 1.15. The smallest absolute Gasteiger partial charge is 0.189 e. The Labute approximate surface area is 367 Å². The first-order chi connectivity index (χ1) is 29.8. The summed E-state index contributed by atoms with van der Waals surface area (Å²) >= 11 is 0. The van der Waals surface area contributed by atoms with Crippen molar-refractivity contribution in [3.8, 4) is 0 Å². The van der Waals surface area contributed by atoms with Gasteiger partial charge in [-0.3, -0.25) is 0 Å². The summed E-state index contributed by atoms with van der Waals surface area (Å²) < 4.78 is 42.1. The molecule has 0 amide bonds. The van der Waals surface area contributed by atoms with Gasteiger partial charge >= 0.3 is 0 Å². The molecule has 8 rings (SSSR count). The number of rotatable bonds is 12. The van der Waals surface area contributed by atoms with Crippen molar-refractivity contribution in [3.05, 3.63) is 11.6 Å². The molecule has 0 aromatic rings. The molecule has 0 radical (unpaired) electrons. The topological polar surface area (TPSA) is 307 Å². The Balaban J connectivity index is 0.984. The predicted molar refractivity (Wildman–Crippen MR) is 214 cm³/mol. The van der Waals surface area contributed by atoms with Gasteiger partial charge < -0.3 is 94.4 Å². The number of allylic oxidation sites excluding steroid dienone is 1. The number of fused-ring (bicyclic) bond motifs is 7. The molecule has 0 aromatic carbocycles. The molecule has 4 saturated heterocycles. The third-order valence-corrected chi connectivity index (χ3v) is 17.2. The van der Waals surface area contributed by atoms with Crippen molar-refractivity contribution in [2.24, 2.45) is 46.3 Å². The molecule has 12 N–H and O–H groups in total. The maximum atomic E-state index is 11.9. The summed E-state index contributed by atoms with van der Waals surface area (Å²) in [5.74, 6) is 0.385. The molecule has 362 valence electrons. The van der Waals surface area contributed by atoms with E-state index >= 15 is 0 Å². The van der Waals surface area contributed by atoms with Crippen molar-refractivity contribution in [3.63, 3.8) is 0 Å². The molecule has 3 unspecified atom stereocenters. The third kappa shape index (κ3) is 8.39. The summed E-state index contributed by atoms with van der Waals surface area (Å²) in [6.07, 6.45) is -17.0. The van der Waals surface area contributed by atoms with E-state index in [1.807, 2.05) is 6.92 Å². The van der Waals surface area contributed by atoms with Gasteiger partial charge in [-0.2, -0.15) is 0 Å². The summed E-state index contributed by atoms with van der Waals surface area (Å²) in [5, 5.41) is 127. The lowest BCUT2D eigenvalue weighted by Crippen LogP contribution is -2.67. The van der Waals surface area contributed by atoms with E-state index in [-0.39, 0.29) is 41.3 Å². The highest BCUT2D eigenvalue weighted by atomic mass is 16.8. The molecule has 19 nitrogen and oxygen atoms in total. The zero-order valence-electron chi connectivity index (χ0n) is 36.6. The van der Waals surface area contributed by atoms with Crippen LogP contribution in [0.1, 0.15) is 85.5 Å². The quantitative estimate of drug-likeness (QED) is 0.0952. The third-order valence-electron chi connectivity index (χ3n) is 17.2. The van der Waals surface area contributed by atoms with E-state index in [0.29, 0.717) is 43.4 Å². The lowest BCUT2D eigenvalue weighted by atomic mass is 9.47. The Morgan fingerprint density at radius 2 is 1.38 bits per heavy atom. The van der Waals surface area contributed by atoms with Gasteiger partial charge in [0.25, 0.3) is 0 Å². The molecule has 19 heteroatoms. The number of hydrogen-bond donors (Lipinski definition) is 12. The Morgan fingerprint density at radius 1 is 0.730 bits per heavy atom. The zero-order chi connectivity index (χ0) is 45.5. The van der Waals surface area contributed by atoms with Crippen LogP contribution in [0.3, 0.4) is 0 Å². The normalized spacial score (nSPS) is 55.0. The second kappa shape index (κ2) is 18.5. The Hall–Kier alpha value is -1.02. The predicted octanol–water partition coefficient (Wildman–Crippen LogP) is -1.90. The molecule has 0 aromatic heterocycles. The van der Waals surface area contributed by atoms with Gasteiger partial charge in [-0.1, -0.05) is 39.3 Å². The molecular weight excluding hydrogens is 832 g/mol. The van der Waals surface area contributed by atoms with Crippen LogP contribution in [-0.2, 0) is 33.2 Å². The number of aliphatic hydroxyl groups is 12. The van der Waals surface area contributed by atoms with Gasteiger partial charge in [-0.05, 0) is 91.8 Å². The summed E-state index contributed by atoms with van der Waals surface area (Å²) in [6.45, 7) is 7.45. The van der Waals surface area contributed by atoms with Crippen LogP contribution in [0.2, 0.25) is 0 Å². The van der Waals surface area contributed by atoms with Crippen LogP contribution < -0.4 is 0 Å². The van der Waals surface area contributed by atoms with Crippen molar-refractivity contribution in [1.82, 2.24) is 0 Å². The largest absolute Gasteiger partial charge is 0.396 e. The summed E-state index contributed by atoms with van der Waals surface area (Å²) in [4.78, 5) is 0. The molecule has 4 aliphatic heterocycles. The highest BCUT2D eigenvalue weighted by molar-refractivity contribution is 5.26. The second-order valence-electron chi connectivity index (χ2n) is 20.7.